The van der Waals surface area contributed by atoms with Gasteiger partial charge in [0.05, 0.1) is 22.0 Å². The molecule has 0 aliphatic carbocycles. The summed E-state index contributed by atoms with van der Waals surface area (Å²) >= 11 is 0. The van der Waals surface area contributed by atoms with Crippen molar-refractivity contribution >= 4 is 15.7 Å². The number of rotatable bonds is 6. The van der Waals surface area contributed by atoms with Crippen LogP contribution in [-0.2, 0) is 26.8 Å². The highest BCUT2D eigenvalue weighted by Gasteiger charge is 2.15. The van der Waals surface area contributed by atoms with E-state index in [1.807, 2.05) is 60.7 Å². The zero-order valence-corrected chi connectivity index (χ0v) is 12.3. The summed E-state index contributed by atoms with van der Waals surface area (Å²) in [7, 11) is -2.81. The summed E-state index contributed by atoms with van der Waals surface area (Å²) in [4.78, 5) is 11.0. The normalized spacial score (nSPS) is 13.3. The fraction of sp³-hybridized carbons (Fsp3) is 0.188. The molecule has 0 fully saturated rings. The highest BCUT2D eigenvalue weighted by Crippen LogP contribution is 2.11. The Bertz CT molecular complexity index is 705. The number of benzene rings is 2. The van der Waals surface area contributed by atoms with Crippen LogP contribution in [0.4, 0.5) is 0 Å². The predicted molar refractivity (Wildman–Crippen MR) is 83.4 cm³/mol. The topological polar surface area (TPSA) is 66.7 Å². The first-order valence-corrected chi connectivity index (χ1v) is 8.41. The molecule has 5 heteroatoms. The molecule has 2 rings (SSSR count). The molecule has 0 aromatic heterocycles. The quantitative estimate of drug-likeness (QED) is 0.892. The second-order valence-corrected chi connectivity index (χ2v) is 7.09. The second kappa shape index (κ2) is 7.04. The van der Waals surface area contributed by atoms with E-state index in [0.29, 0.717) is 0 Å². The average molecular weight is 303 g/mol. The van der Waals surface area contributed by atoms with Gasteiger partial charge in [-0.05, 0) is 11.1 Å². The lowest BCUT2D eigenvalue weighted by atomic mass is 10.2. The van der Waals surface area contributed by atoms with Gasteiger partial charge in [0, 0.05) is 0 Å². The zero-order valence-electron chi connectivity index (χ0n) is 11.5. The standard InChI is InChI=1S/C16H17NO3S/c18-16(19)13-21(20,12-15-9-5-2-6-10-15)17-11-14-7-3-1-4-8-14/h1-10H,11-13H2,(H,18,19). The lowest BCUT2D eigenvalue weighted by Crippen LogP contribution is -2.17. The van der Waals surface area contributed by atoms with Crippen LogP contribution in [0.1, 0.15) is 11.1 Å². The van der Waals surface area contributed by atoms with Gasteiger partial charge in [0.1, 0.15) is 5.75 Å². The summed E-state index contributed by atoms with van der Waals surface area (Å²) in [6.45, 7) is 0.264. The number of nitrogens with zero attached hydrogens (tertiary/aromatic N) is 1. The van der Waals surface area contributed by atoms with E-state index in [1.165, 1.54) is 0 Å². The maximum atomic E-state index is 12.8. The highest BCUT2D eigenvalue weighted by molar-refractivity contribution is 7.93. The van der Waals surface area contributed by atoms with E-state index >= 15 is 0 Å². The van der Waals surface area contributed by atoms with Crippen LogP contribution in [0.5, 0.6) is 0 Å². The molecule has 0 aliphatic heterocycles. The van der Waals surface area contributed by atoms with Gasteiger partial charge in [-0.25, -0.2) is 8.57 Å². The largest absolute Gasteiger partial charge is 0.481 e. The molecule has 2 aromatic rings. The average Bonchev–Trinajstić information content (AvgIpc) is 2.46. The zero-order chi connectivity index (χ0) is 15.1. The van der Waals surface area contributed by atoms with Crippen molar-refractivity contribution in [2.75, 3.05) is 5.75 Å². The molecule has 21 heavy (non-hydrogen) atoms. The van der Waals surface area contributed by atoms with Crippen molar-refractivity contribution in [2.24, 2.45) is 4.36 Å². The van der Waals surface area contributed by atoms with E-state index in [9.17, 15) is 9.00 Å². The van der Waals surface area contributed by atoms with Crippen molar-refractivity contribution in [1.82, 2.24) is 0 Å². The fourth-order valence-corrected chi connectivity index (χ4v) is 3.71. The summed E-state index contributed by atoms with van der Waals surface area (Å²) < 4.78 is 17.0. The van der Waals surface area contributed by atoms with Crippen molar-refractivity contribution in [3.8, 4) is 0 Å². The lowest BCUT2D eigenvalue weighted by Gasteiger charge is -2.08. The molecule has 1 unspecified atom stereocenters. The number of carboxylic acids is 1. The van der Waals surface area contributed by atoms with Gasteiger partial charge in [0.25, 0.3) is 0 Å². The summed E-state index contributed by atoms with van der Waals surface area (Å²) in [6, 6.07) is 18.6. The molecule has 1 atom stereocenters. The van der Waals surface area contributed by atoms with Crippen molar-refractivity contribution in [1.29, 1.82) is 0 Å². The molecule has 0 radical (unpaired) electrons. The Hall–Kier alpha value is -2.14. The van der Waals surface area contributed by atoms with Crippen LogP contribution in [0.3, 0.4) is 0 Å². The molecule has 0 saturated carbocycles. The Labute approximate surface area is 124 Å². The number of carboxylic acid groups (broad SMARTS) is 1. The number of hydrogen-bond donors (Lipinski definition) is 1. The van der Waals surface area contributed by atoms with Gasteiger partial charge in [-0.1, -0.05) is 60.7 Å². The predicted octanol–water partition coefficient (Wildman–Crippen LogP) is 2.94. The van der Waals surface area contributed by atoms with Crippen molar-refractivity contribution in [3.63, 3.8) is 0 Å². The van der Waals surface area contributed by atoms with Gasteiger partial charge < -0.3 is 5.11 Å². The summed E-state index contributed by atoms with van der Waals surface area (Å²) in [5, 5.41) is 8.99. The van der Waals surface area contributed by atoms with E-state index in [4.69, 9.17) is 5.11 Å². The van der Waals surface area contributed by atoms with Crippen LogP contribution in [-0.4, -0.2) is 21.0 Å². The third kappa shape index (κ3) is 5.04. The van der Waals surface area contributed by atoms with Gasteiger partial charge in [-0.15, -0.1) is 0 Å². The van der Waals surface area contributed by atoms with E-state index < -0.39 is 21.5 Å². The summed E-state index contributed by atoms with van der Waals surface area (Å²) in [5.74, 6) is -1.37. The van der Waals surface area contributed by atoms with Gasteiger partial charge in [0.15, 0.2) is 0 Å². The van der Waals surface area contributed by atoms with Gasteiger partial charge >= 0.3 is 5.97 Å². The highest BCUT2D eigenvalue weighted by atomic mass is 32.2. The maximum absolute atomic E-state index is 12.8. The molecule has 110 valence electrons. The smallest absolute Gasteiger partial charge is 0.317 e. The van der Waals surface area contributed by atoms with Crippen LogP contribution < -0.4 is 0 Å². The van der Waals surface area contributed by atoms with E-state index in [1.54, 1.807) is 0 Å². The molecule has 1 N–H and O–H groups in total. The fourth-order valence-electron chi connectivity index (χ4n) is 1.95. The molecule has 0 amide bonds. The third-order valence-electron chi connectivity index (χ3n) is 2.91. The second-order valence-electron chi connectivity index (χ2n) is 4.71. The van der Waals surface area contributed by atoms with Crippen LogP contribution in [0.25, 0.3) is 0 Å². The number of carbonyl (C=O) groups is 1. The van der Waals surface area contributed by atoms with Crippen molar-refractivity contribution in [2.45, 2.75) is 12.3 Å². The molecule has 2 aromatic carbocycles. The van der Waals surface area contributed by atoms with E-state index in [0.717, 1.165) is 11.1 Å². The lowest BCUT2D eigenvalue weighted by molar-refractivity contribution is -0.134. The van der Waals surface area contributed by atoms with E-state index in [2.05, 4.69) is 4.36 Å². The maximum Gasteiger partial charge on any atom is 0.317 e. The first-order chi connectivity index (χ1) is 10.1. The molecular weight excluding hydrogens is 286 g/mol. The molecule has 0 aliphatic rings. The van der Waals surface area contributed by atoms with Crippen LogP contribution in [0.15, 0.2) is 65.0 Å². The first kappa shape index (κ1) is 15.3. The summed E-state index contributed by atoms with van der Waals surface area (Å²) in [5.41, 5.74) is 1.75. The minimum Gasteiger partial charge on any atom is -0.481 e. The van der Waals surface area contributed by atoms with Gasteiger partial charge in [-0.3, -0.25) is 4.79 Å². The van der Waals surface area contributed by atoms with E-state index in [-0.39, 0.29) is 12.3 Å². The molecule has 4 nitrogen and oxygen atoms in total. The Kier molecular flexibility index (Phi) is 5.11. The Morgan fingerprint density at radius 2 is 1.48 bits per heavy atom. The van der Waals surface area contributed by atoms with Crippen LogP contribution in [0, 0.1) is 0 Å². The van der Waals surface area contributed by atoms with Crippen LogP contribution >= 0.6 is 0 Å². The summed E-state index contributed by atoms with van der Waals surface area (Å²) in [6.07, 6.45) is 0. The number of hydrogen-bond acceptors (Lipinski definition) is 3. The monoisotopic (exact) mass is 303 g/mol. The Morgan fingerprint density at radius 1 is 0.952 bits per heavy atom. The van der Waals surface area contributed by atoms with Crippen molar-refractivity contribution in [3.05, 3.63) is 71.8 Å². The minimum atomic E-state index is -2.81. The Balaban J connectivity index is 2.24. The number of aliphatic carboxylic acids is 1. The molecular formula is C16H17NO3S. The minimum absolute atomic E-state index is 0.160. The van der Waals surface area contributed by atoms with Gasteiger partial charge in [0.2, 0.25) is 0 Å². The molecule has 0 saturated heterocycles. The van der Waals surface area contributed by atoms with Crippen LogP contribution in [0.2, 0.25) is 0 Å². The SMILES string of the molecule is O=C(O)CS(=O)(Cc1ccccc1)=NCc1ccccc1. The molecule has 0 bridgehead atoms. The third-order valence-corrected chi connectivity index (χ3v) is 4.99. The molecule has 0 spiro atoms. The Morgan fingerprint density at radius 3 is 2.00 bits per heavy atom. The molecule has 0 heterocycles. The first-order valence-electron chi connectivity index (χ1n) is 6.55. The van der Waals surface area contributed by atoms with Crippen molar-refractivity contribution < 1.29 is 14.1 Å². The van der Waals surface area contributed by atoms with Gasteiger partial charge in [-0.2, -0.15) is 0 Å².